The number of fused-ring (bicyclic) bond motifs is 1. The molecule has 3 N–H and O–H groups in total. The highest BCUT2D eigenvalue weighted by Crippen LogP contribution is 2.41. The van der Waals surface area contributed by atoms with E-state index in [2.05, 4.69) is 14.7 Å². The predicted molar refractivity (Wildman–Crippen MR) is 110 cm³/mol. The average molecular weight is 451 g/mol. The Labute approximate surface area is 180 Å². The van der Waals surface area contributed by atoms with Crippen molar-refractivity contribution in [1.82, 2.24) is 9.97 Å². The monoisotopic (exact) mass is 451 g/mol. The van der Waals surface area contributed by atoms with Crippen molar-refractivity contribution in [3.63, 3.8) is 0 Å². The van der Waals surface area contributed by atoms with Crippen molar-refractivity contribution in [3.05, 3.63) is 69.8 Å². The largest absolute Gasteiger partial charge is 0.494 e. The number of hydrogen-bond donors (Lipinski definition) is 2. The number of H-pyrrole nitrogens is 1. The molecule has 3 aromatic rings. The highest BCUT2D eigenvalue weighted by Gasteiger charge is 2.37. The summed E-state index contributed by atoms with van der Waals surface area (Å²) in [4.78, 5) is 30.4. The summed E-state index contributed by atoms with van der Waals surface area (Å²) in [6.45, 7) is 0. The fourth-order valence-corrected chi connectivity index (χ4v) is 3.71. The number of methoxy groups -OCH3 is 1. The number of nitrogens with one attached hydrogen (secondary N) is 1. The molecule has 0 bridgehead atoms. The molecule has 0 radical (unpaired) electrons. The maximum absolute atomic E-state index is 13.6. The number of nitrogens with zero attached hydrogens (tertiary/aromatic N) is 1. The number of primary amides is 1. The van der Waals surface area contributed by atoms with Gasteiger partial charge in [-0.15, -0.1) is 0 Å². The standard InChI is InChI=1S/C15H15F2N3O2.C7H6F2O/c16-15(17)4-1-2-8(7-15)10-6-11(21)12-9(20-10)3-5-19-13(12)14(18)22;1-10-7-3-2-5(8)4-6(7)9/h3,5-6,8H,1-2,4,7H2,(H2,18,22)(H,20,21);2-4H,1H3/t8-;/m0./s1. The van der Waals surface area contributed by atoms with Gasteiger partial charge < -0.3 is 15.5 Å². The molecule has 6 nitrogen and oxygen atoms in total. The summed E-state index contributed by atoms with van der Waals surface area (Å²) in [5.41, 5.74) is 5.53. The van der Waals surface area contributed by atoms with Gasteiger partial charge in [0.15, 0.2) is 17.0 Å². The van der Waals surface area contributed by atoms with E-state index in [0.717, 1.165) is 12.1 Å². The Bertz CT molecular complexity index is 1200. The maximum Gasteiger partial charge on any atom is 0.268 e. The van der Waals surface area contributed by atoms with Gasteiger partial charge in [0.1, 0.15) is 11.5 Å². The lowest BCUT2D eigenvalue weighted by atomic mass is 9.84. The van der Waals surface area contributed by atoms with Gasteiger partial charge >= 0.3 is 0 Å². The molecular weight excluding hydrogens is 430 g/mol. The highest BCUT2D eigenvalue weighted by atomic mass is 19.3. The summed E-state index contributed by atoms with van der Waals surface area (Å²) in [6.07, 6.45) is 1.99. The van der Waals surface area contributed by atoms with E-state index in [-0.39, 0.29) is 29.7 Å². The molecule has 0 saturated heterocycles. The normalized spacial score (nSPS) is 17.3. The summed E-state index contributed by atoms with van der Waals surface area (Å²) < 4.78 is 56.4. The van der Waals surface area contributed by atoms with Crippen molar-refractivity contribution < 1.29 is 27.1 Å². The minimum absolute atomic E-state index is 0.0569. The third kappa shape index (κ3) is 5.24. The Morgan fingerprint density at radius 2 is 2.00 bits per heavy atom. The fourth-order valence-electron chi connectivity index (χ4n) is 3.71. The van der Waals surface area contributed by atoms with E-state index in [4.69, 9.17) is 5.73 Å². The molecule has 1 aliphatic carbocycles. The van der Waals surface area contributed by atoms with Gasteiger partial charge in [-0.2, -0.15) is 0 Å². The minimum atomic E-state index is -2.70. The first-order chi connectivity index (χ1) is 15.1. The zero-order chi connectivity index (χ0) is 23.5. The van der Waals surface area contributed by atoms with Gasteiger partial charge in [-0.3, -0.25) is 14.6 Å². The predicted octanol–water partition coefficient (Wildman–Crippen LogP) is 4.29. The number of hydrogen-bond acceptors (Lipinski definition) is 4. The average Bonchev–Trinajstić information content (AvgIpc) is 2.73. The minimum Gasteiger partial charge on any atom is -0.494 e. The number of ether oxygens (including phenoxy) is 1. The van der Waals surface area contributed by atoms with Crippen LogP contribution >= 0.6 is 0 Å². The van der Waals surface area contributed by atoms with Crippen LogP contribution in [-0.2, 0) is 0 Å². The number of rotatable bonds is 3. The van der Waals surface area contributed by atoms with Gasteiger partial charge in [0.25, 0.3) is 5.91 Å². The van der Waals surface area contributed by atoms with Crippen molar-refractivity contribution in [1.29, 1.82) is 0 Å². The fraction of sp³-hybridized carbons (Fsp3) is 0.318. The zero-order valence-corrected chi connectivity index (χ0v) is 17.1. The number of aromatic nitrogens is 2. The van der Waals surface area contributed by atoms with Gasteiger partial charge in [-0.25, -0.2) is 17.6 Å². The zero-order valence-electron chi connectivity index (χ0n) is 17.1. The van der Waals surface area contributed by atoms with E-state index in [0.29, 0.717) is 24.1 Å². The first kappa shape index (κ1) is 23.2. The second kappa shape index (κ2) is 9.37. The number of aromatic amines is 1. The van der Waals surface area contributed by atoms with Crippen molar-refractivity contribution in [3.8, 4) is 5.75 Å². The molecular formula is C22H21F4N3O3. The molecule has 0 spiro atoms. The van der Waals surface area contributed by atoms with Crippen LogP contribution in [0, 0.1) is 11.6 Å². The number of benzene rings is 1. The summed E-state index contributed by atoms with van der Waals surface area (Å²) in [7, 11) is 1.33. The molecule has 10 heteroatoms. The number of carbonyl (C=O) groups is 1. The third-order valence-electron chi connectivity index (χ3n) is 5.19. The molecule has 32 heavy (non-hydrogen) atoms. The van der Waals surface area contributed by atoms with E-state index in [1.165, 1.54) is 31.5 Å². The van der Waals surface area contributed by atoms with Crippen molar-refractivity contribution in [2.75, 3.05) is 7.11 Å². The van der Waals surface area contributed by atoms with E-state index >= 15 is 0 Å². The van der Waals surface area contributed by atoms with Crippen LogP contribution in [0.15, 0.2) is 41.3 Å². The van der Waals surface area contributed by atoms with E-state index in [1.807, 2.05) is 0 Å². The molecule has 0 unspecified atom stereocenters. The number of carbonyl (C=O) groups excluding carboxylic acids is 1. The highest BCUT2D eigenvalue weighted by molar-refractivity contribution is 6.03. The smallest absolute Gasteiger partial charge is 0.268 e. The lowest BCUT2D eigenvalue weighted by Crippen LogP contribution is -2.26. The van der Waals surface area contributed by atoms with Gasteiger partial charge in [-0.1, -0.05) is 0 Å². The quantitative estimate of drug-likeness (QED) is 0.581. The number of amides is 1. The second-order valence-electron chi connectivity index (χ2n) is 7.46. The second-order valence-corrected chi connectivity index (χ2v) is 7.46. The Hall–Kier alpha value is -3.43. The molecule has 1 saturated carbocycles. The van der Waals surface area contributed by atoms with Crippen LogP contribution in [0.3, 0.4) is 0 Å². The molecule has 170 valence electrons. The lowest BCUT2D eigenvalue weighted by molar-refractivity contribution is -0.0412. The van der Waals surface area contributed by atoms with Gasteiger partial charge in [-0.05, 0) is 31.0 Å². The Morgan fingerprint density at radius 3 is 2.62 bits per heavy atom. The summed E-state index contributed by atoms with van der Waals surface area (Å²) in [5, 5.41) is 0.0984. The molecule has 1 aliphatic rings. The molecule has 1 fully saturated rings. The molecule has 1 amide bonds. The van der Waals surface area contributed by atoms with Gasteiger partial charge in [0.05, 0.1) is 18.0 Å². The molecule has 1 aromatic carbocycles. The van der Waals surface area contributed by atoms with Crippen LogP contribution in [0.2, 0.25) is 0 Å². The molecule has 4 rings (SSSR count). The summed E-state index contributed by atoms with van der Waals surface area (Å²) >= 11 is 0. The van der Waals surface area contributed by atoms with Crippen LogP contribution in [0.5, 0.6) is 5.75 Å². The first-order valence-corrected chi connectivity index (χ1v) is 9.80. The molecule has 2 heterocycles. The number of alkyl halides is 2. The van der Waals surface area contributed by atoms with Crippen LogP contribution in [0.4, 0.5) is 17.6 Å². The molecule has 2 aromatic heterocycles. The van der Waals surface area contributed by atoms with E-state index in [9.17, 15) is 27.2 Å². The van der Waals surface area contributed by atoms with Gasteiger partial charge in [0, 0.05) is 42.8 Å². The van der Waals surface area contributed by atoms with Crippen molar-refractivity contribution in [2.45, 2.75) is 37.5 Å². The van der Waals surface area contributed by atoms with Gasteiger partial charge in [0.2, 0.25) is 5.92 Å². The van der Waals surface area contributed by atoms with Crippen molar-refractivity contribution >= 4 is 16.8 Å². The first-order valence-electron chi connectivity index (χ1n) is 9.80. The molecule has 1 atom stereocenters. The summed E-state index contributed by atoms with van der Waals surface area (Å²) in [5.74, 6) is -5.12. The Kier molecular flexibility index (Phi) is 6.81. The number of nitrogens with two attached hydrogens (primary N) is 1. The van der Waals surface area contributed by atoms with Crippen LogP contribution in [-0.4, -0.2) is 28.9 Å². The third-order valence-corrected chi connectivity index (χ3v) is 5.19. The Balaban J connectivity index is 0.000000243. The number of halogens is 4. The van der Waals surface area contributed by atoms with Crippen LogP contribution in [0.1, 0.15) is 47.8 Å². The van der Waals surface area contributed by atoms with E-state index in [1.54, 1.807) is 0 Å². The number of pyridine rings is 2. The maximum atomic E-state index is 13.6. The summed E-state index contributed by atoms with van der Waals surface area (Å²) in [6, 6.07) is 5.97. The lowest BCUT2D eigenvalue weighted by Gasteiger charge is -2.29. The van der Waals surface area contributed by atoms with Crippen molar-refractivity contribution in [2.24, 2.45) is 5.73 Å². The van der Waals surface area contributed by atoms with Crippen LogP contribution in [0.25, 0.3) is 10.9 Å². The molecule has 0 aliphatic heterocycles. The van der Waals surface area contributed by atoms with E-state index < -0.39 is 34.8 Å². The SMILES string of the molecule is COc1ccc(F)cc1F.NC(=O)c1nccc2[nH]c([C@H]3CCCC(F)(F)C3)cc(=O)c12. The van der Waals surface area contributed by atoms with Crippen LogP contribution < -0.4 is 15.9 Å². The topological polar surface area (TPSA) is 98.1 Å². The Morgan fingerprint density at radius 1 is 1.25 bits per heavy atom.